The standard InChI is InChI=1S/C15H25N5O2/c1-13(21)19-7-9-20(10-8-19)15(22)14(11-16)12-17-5-4-6-18(2)3/h12,17H,4-10H2,1-3H3/b14-12-. The van der Waals surface area contributed by atoms with Crippen molar-refractivity contribution >= 4 is 11.8 Å². The number of nitrogens with zero attached hydrogens (tertiary/aromatic N) is 4. The smallest absolute Gasteiger partial charge is 0.266 e. The number of rotatable bonds is 6. The summed E-state index contributed by atoms with van der Waals surface area (Å²) >= 11 is 0. The molecule has 7 nitrogen and oxygen atoms in total. The maximum atomic E-state index is 12.3. The van der Waals surface area contributed by atoms with Crippen molar-refractivity contribution in [1.29, 1.82) is 5.26 Å². The quantitative estimate of drug-likeness (QED) is 0.411. The van der Waals surface area contributed by atoms with Crippen LogP contribution in [0.3, 0.4) is 0 Å². The van der Waals surface area contributed by atoms with E-state index in [1.807, 2.05) is 20.2 Å². The van der Waals surface area contributed by atoms with Crippen LogP contribution >= 0.6 is 0 Å². The van der Waals surface area contributed by atoms with Crippen molar-refractivity contribution in [3.05, 3.63) is 11.8 Å². The maximum Gasteiger partial charge on any atom is 0.266 e. The number of hydrogen-bond donors (Lipinski definition) is 1. The molecule has 1 heterocycles. The summed E-state index contributed by atoms with van der Waals surface area (Å²) in [5.74, 6) is -0.253. The molecule has 0 aromatic carbocycles. The van der Waals surface area contributed by atoms with Gasteiger partial charge in [-0.2, -0.15) is 5.26 Å². The number of hydrogen-bond acceptors (Lipinski definition) is 5. The van der Waals surface area contributed by atoms with Crippen molar-refractivity contribution in [3.8, 4) is 6.07 Å². The van der Waals surface area contributed by atoms with E-state index < -0.39 is 0 Å². The second-order valence-corrected chi connectivity index (χ2v) is 5.58. The lowest BCUT2D eigenvalue weighted by Gasteiger charge is -2.34. The Hall–Kier alpha value is -2.07. The largest absolute Gasteiger partial charge is 0.390 e. The van der Waals surface area contributed by atoms with Gasteiger partial charge in [-0.3, -0.25) is 9.59 Å². The van der Waals surface area contributed by atoms with Crippen LogP contribution in [0.15, 0.2) is 11.8 Å². The Bertz CT molecular complexity index is 459. The second kappa shape index (κ2) is 9.05. The minimum absolute atomic E-state index is 0.0192. The topological polar surface area (TPSA) is 79.7 Å². The number of carbonyl (C=O) groups excluding carboxylic acids is 2. The van der Waals surface area contributed by atoms with E-state index in [2.05, 4.69) is 10.2 Å². The molecule has 0 bridgehead atoms. The Balaban J connectivity index is 2.44. The molecule has 122 valence electrons. The molecule has 1 N–H and O–H groups in total. The summed E-state index contributed by atoms with van der Waals surface area (Å²) in [4.78, 5) is 28.9. The van der Waals surface area contributed by atoms with E-state index in [9.17, 15) is 9.59 Å². The summed E-state index contributed by atoms with van der Waals surface area (Å²) in [5.41, 5.74) is 0.112. The van der Waals surface area contributed by atoms with Gasteiger partial charge in [-0.05, 0) is 27.1 Å². The zero-order chi connectivity index (χ0) is 16.5. The van der Waals surface area contributed by atoms with Gasteiger partial charge in [0.1, 0.15) is 11.6 Å². The first kappa shape index (κ1) is 18.0. The van der Waals surface area contributed by atoms with Crippen LogP contribution in [-0.4, -0.2) is 79.9 Å². The van der Waals surface area contributed by atoms with Crippen molar-refractivity contribution in [2.24, 2.45) is 0 Å². The van der Waals surface area contributed by atoms with E-state index in [-0.39, 0.29) is 17.4 Å². The summed E-state index contributed by atoms with van der Waals surface area (Å²) in [7, 11) is 4.00. The first-order valence-electron chi connectivity index (χ1n) is 7.49. The summed E-state index contributed by atoms with van der Waals surface area (Å²) in [6.07, 6.45) is 2.43. The summed E-state index contributed by atoms with van der Waals surface area (Å²) < 4.78 is 0. The fraction of sp³-hybridized carbons (Fsp3) is 0.667. The van der Waals surface area contributed by atoms with Gasteiger partial charge in [0, 0.05) is 45.8 Å². The monoisotopic (exact) mass is 307 g/mol. The van der Waals surface area contributed by atoms with Gasteiger partial charge in [0.25, 0.3) is 5.91 Å². The third-order valence-electron chi connectivity index (χ3n) is 3.54. The highest BCUT2D eigenvalue weighted by molar-refractivity contribution is 5.97. The Morgan fingerprint density at radius 1 is 1.23 bits per heavy atom. The van der Waals surface area contributed by atoms with Crippen molar-refractivity contribution in [2.45, 2.75) is 13.3 Å². The molecular formula is C15H25N5O2. The predicted molar refractivity (Wildman–Crippen MR) is 83.7 cm³/mol. The lowest BCUT2D eigenvalue weighted by Crippen LogP contribution is -2.50. The van der Waals surface area contributed by atoms with Crippen LogP contribution in [0.1, 0.15) is 13.3 Å². The highest BCUT2D eigenvalue weighted by atomic mass is 16.2. The van der Waals surface area contributed by atoms with Gasteiger partial charge in [0.05, 0.1) is 0 Å². The number of nitrogens with one attached hydrogen (secondary N) is 1. The SMILES string of the molecule is CC(=O)N1CCN(C(=O)/C(C#N)=C\NCCCN(C)C)CC1. The van der Waals surface area contributed by atoms with Crippen LogP contribution in [0.4, 0.5) is 0 Å². The van der Waals surface area contributed by atoms with Crippen molar-refractivity contribution in [1.82, 2.24) is 20.0 Å². The van der Waals surface area contributed by atoms with E-state index in [0.717, 1.165) is 19.5 Å². The first-order valence-corrected chi connectivity index (χ1v) is 7.49. The highest BCUT2D eigenvalue weighted by Gasteiger charge is 2.24. The predicted octanol–water partition coefficient (Wildman–Crippen LogP) is -0.374. The molecule has 0 radical (unpaired) electrons. The highest BCUT2D eigenvalue weighted by Crippen LogP contribution is 2.06. The molecule has 7 heteroatoms. The molecule has 0 unspecified atom stereocenters. The summed E-state index contributed by atoms with van der Waals surface area (Å²) in [5, 5.41) is 12.1. The second-order valence-electron chi connectivity index (χ2n) is 5.58. The average Bonchev–Trinajstić information content (AvgIpc) is 2.50. The lowest BCUT2D eigenvalue weighted by atomic mass is 10.2. The van der Waals surface area contributed by atoms with Gasteiger partial charge in [0.2, 0.25) is 5.91 Å². The van der Waals surface area contributed by atoms with E-state index in [1.165, 1.54) is 13.1 Å². The number of nitriles is 1. The van der Waals surface area contributed by atoms with Gasteiger partial charge in [-0.15, -0.1) is 0 Å². The van der Waals surface area contributed by atoms with Crippen molar-refractivity contribution < 1.29 is 9.59 Å². The van der Waals surface area contributed by atoms with Crippen molar-refractivity contribution in [2.75, 3.05) is 53.4 Å². The number of piperazine rings is 1. The minimum Gasteiger partial charge on any atom is -0.390 e. The molecule has 0 saturated carbocycles. The van der Waals surface area contributed by atoms with Crippen LogP contribution in [0, 0.1) is 11.3 Å². The number of amides is 2. The first-order chi connectivity index (χ1) is 10.5. The third-order valence-corrected chi connectivity index (χ3v) is 3.54. The molecule has 1 rings (SSSR count). The summed E-state index contributed by atoms with van der Waals surface area (Å²) in [6, 6.07) is 1.95. The van der Waals surface area contributed by atoms with Gasteiger partial charge >= 0.3 is 0 Å². The van der Waals surface area contributed by atoms with Gasteiger partial charge in [0.15, 0.2) is 0 Å². The van der Waals surface area contributed by atoms with Crippen LogP contribution in [0.2, 0.25) is 0 Å². The molecule has 1 saturated heterocycles. The fourth-order valence-corrected chi connectivity index (χ4v) is 2.21. The zero-order valence-electron chi connectivity index (χ0n) is 13.6. The molecule has 0 atom stereocenters. The van der Waals surface area contributed by atoms with E-state index in [0.29, 0.717) is 26.2 Å². The Morgan fingerprint density at radius 3 is 2.32 bits per heavy atom. The molecule has 1 aliphatic rings. The molecular weight excluding hydrogens is 282 g/mol. The van der Waals surface area contributed by atoms with Crippen LogP contribution in [0.25, 0.3) is 0 Å². The Morgan fingerprint density at radius 2 is 1.82 bits per heavy atom. The van der Waals surface area contributed by atoms with Crippen LogP contribution in [0.5, 0.6) is 0 Å². The third kappa shape index (κ3) is 5.74. The van der Waals surface area contributed by atoms with E-state index in [4.69, 9.17) is 5.26 Å². The zero-order valence-corrected chi connectivity index (χ0v) is 13.6. The average molecular weight is 307 g/mol. The van der Waals surface area contributed by atoms with E-state index in [1.54, 1.807) is 9.80 Å². The Labute approximate surface area is 132 Å². The molecule has 1 aliphatic heterocycles. The van der Waals surface area contributed by atoms with Crippen LogP contribution < -0.4 is 5.32 Å². The molecule has 1 fully saturated rings. The number of carbonyl (C=O) groups is 2. The van der Waals surface area contributed by atoms with E-state index >= 15 is 0 Å². The molecule has 0 aliphatic carbocycles. The van der Waals surface area contributed by atoms with Crippen LogP contribution in [-0.2, 0) is 9.59 Å². The summed E-state index contributed by atoms with van der Waals surface area (Å²) in [6.45, 7) is 5.18. The molecule has 0 aromatic heterocycles. The fourth-order valence-electron chi connectivity index (χ4n) is 2.21. The maximum absolute atomic E-state index is 12.3. The van der Waals surface area contributed by atoms with Gasteiger partial charge in [-0.1, -0.05) is 0 Å². The normalized spacial score (nSPS) is 15.7. The lowest BCUT2D eigenvalue weighted by molar-refractivity contribution is -0.136. The Kier molecular flexibility index (Phi) is 7.40. The van der Waals surface area contributed by atoms with Crippen molar-refractivity contribution in [3.63, 3.8) is 0 Å². The van der Waals surface area contributed by atoms with Gasteiger partial charge < -0.3 is 20.0 Å². The molecule has 22 heavy (non-hydrogen) atoms. The molecule has 2 amide bonds. The minimum atomic E-state index is -0.272. The molecule has 0 aromatic rings. The molecule has 0 spiro atoms. The van der Waals surface area contributed by atoms with Gasteiger partial charge in [-0.25, -0.2) is 0 Å².